The van der Waals surface area contributed by atoms with Gasteiger partial charge in [-0.2, -0.15) is 5.10 Å². The Morgan fingerprint density at radius 1 is 1.06 bits per heavy atom. The van der Waals surface area contributed by atoms with E-state index in [1.165, 1.54) is 48.7 Å². The fraction of sp³-hybridized carbons (Fsp3) is 0. The van der Waals surface area contributed by atoms with E-state index in [0.717, 1.165) is 18.2 Å². The van der Waals surface area contributed by atoms with E-state index in [9.17, 15) is 32.8 Å². The molecule has 0 atom stereocenters. The summed E-state index contributed by atoms with van der Waals surface area (Å²) >= 11 is 0. The molecule has 164 valence electrons. The molecule has 0 aliphatic rings. The van der Waals surface area contributed by atoms with Crippen molar-refractivity contribution in [2.75, 3.05) is 10.1 Å². The first-order valence-corrected chi connectivity index (χ1v) is 10.3. The number of halogens is 1. The SMILES string of the molecule is O=C(O)c1ccccc1NS(=O)(=O)c1cc([N+](=O)[O-])ccc1NN=Cc1cccc(F)c1. The molecule has 0 aromatic heterocycles. The van der Waals surface area contributed by atoms with Gasteiger partial charge in [0, 0.05) is 12.1 Å². The van der Waals surface area contributed by atoms with Gasteiger partial charge in [-0.25, -0.2) is 17.6 Å². The molecule has 0 radical (unpaired) electrons. The van der Waals surface area contributed by atoms with Crippen molar-refractivity contribution >= 4 is 39.3 Å². The summed E-state index contributed by atoms with van der Waals surface area (Å²) in [5.41, 5.74) is 1.70. The summed E-state index contributed by atoms with van der Waals surface area (Å²) in [6.07, 6.45) is 1.23. The van der Waals surface area contributed by atoms with Crippen molar-refractivity contribution in [1.82, 2.24) is 0 Å². The van der Waals surface area contributed by atoms with E-state index in [0.29, 0.717) is 5.56 Å². The van der Waals surface area contributed by atoms with E-state index in [1.54, 1.807) is 6.07 Å². The van der Waals surface area contributed by atoms with Crippen molar-refractivity contribution in [3.05, 3.63) is 93.8 Å². The molecule has 3 N–H and O–H groups in total. The molecule has 12 heteroatoms. The smallest absolute Gasteiger partial charge is 0.337 e. The predicted molar refractivity (Wildman–Crippen MR) is 115 cm³/mol. The highest BCUT2D eigenvalue weighted by Gasteiger charge is 2.24. The molecule has 10 nitrogen and oxygen atoms in total. The average molecular weight is 458 g/mol. The van der Waals surface area contributed by atoms with Gasteiger partial charge < -0.3 is 5.11 Å². The Balaban J connectivity index is 1.99. The van der Waals surface area contributed by atoms with Crippen LogP contribution < -0.4 is 10.1 Å². The van der Waals surface area contributed by atoms with Crippen molar-refractivity contribution in [2.24, 2.45) is 5.10 Å². The van der Waals surface area contributed by atoms with Gasteiger partial charge in [0.15, 0.2) is 0 Å². The fourth-order valence-corrected chi connectivity index (χ4v) is 3.92. The molecule has 0 amide bonds. The average Bonchev–Trinajstić information content (AvgIpc) is 2.73. The zero-order valence-electron chi connectivity index (χ0n) is 16.1. The minimum Gasteiger partial charge on any atom is -0.478 e. The van der Waals surface area contributed by atoms with Gasteiger partial charge in [0.2, 0.25) is 0 Å². The van der Waals surface area contributed by atoms with Crippen LogP contribution in [0, 0.1) is 15.9 Å². The normalized spacial score (nSPS) is 11.3. The van der Waals surface area contributed by atoms with Crippen LogP contribution in [0.2, 0.25) is 0 Å². The Morgan fingerprint density at radius 3 is 2.50 bits per heavy atom. The second-order valence-electron chi connectivity index (χ2n) is 6.32. The Hall–Kier alpha value is -4.32. The second kappa shape index (κ2) is 9.22. The molecular formula is C20H15FN4O6S. The third kappa shape index (κ3) is 5.23. The standard InChI is InChI=1S/C20H15FN4O6S/c21-14-5-3-4-13(10-14)12-22-23-18-9-8-15(25(28)29)11-19(18)32(30,31)24-17-7-2-1-6-16(17)20(26)27/h1-12,23-24H,(H,26,27). The molecule has 0 bridgehead atoms. The molecule has 0 unspecified atom stereocenters. The number of sulfonamides is 1. The minimum atomic E-state index is -4.47. The lowest BCUT2D eigenvalue weighted by Gasteiger charge is -2.13. The summed E-state index contributed by atoms with van der Waals surface area (Å²) in [6, 6.07) is 13.8. The predicted octanol–water partition coefficient (Wildman–Crippen LogP) is 3.68. The van der Waals surface area contributed by atoms with E-state index >= 15 is 0 Å². The van der Waals surface area contributed by atoms with Crippen LogP contribution in [-0.2, 0) is 10.0 Å². The number of benzene rings is 3. The van der Waals surface area contributed by atoms with Gasteiger partial charge in [-0.05, 0) is 35.9 Å². The number of hydrazone groups is 1. The number of non-ortho nitro benzene ring substituents is 1. The quantitative estimate of drug-likeness (QED) is 0.265. The lowest BCUT2D eigenvalue weighted by Crippen LogP contribution is -2.17. The summed E-state index contributed by atoms with van der Waals surface area (Å²) in [6.45, 7) is 0. The van der Waals surface area contributed by atoms with Crippen LogP contribution in [0.1, 0.15) is 15.9 Å². The molecule has 0 spiro atoms. The number of anilines is 2. The third-order valence-electron chi connectivity index (χ3n) is 4.11. The van der Waals surface area contributed by atoms with Crippen LogP contribution in [0.3, 0.4) is 0 Å². The molecule has 32 heavy (non-hydrogen) atoms. The zero-order valence-corrected chi connectivity index (χ0v) is 16.9. The number of hydrogen-bond donors (Lipinski definition) is 3. The Bertz CT molecular complexity index is 1330. The van der Waals surface area contributed by atoms with Gasteiger partial charge >= 0.3 is 5.97 Å². The Morgan fingerprint density at radius 2 is 1.81 bits per heavy atom. The molecule has 0 saturated heterocycles. The van der Waals surface area contributed by atoms with E-state index in [4.69, 9.17) is 0 Å². The molecular weight excluding hydrogens is 443 g/mol. The van der Waals surface area contributed by atoms with Crippen molar-refractivity contribution in [3.8, 4) is 0 Å². The van der Waals surface area contributed by atoms with Crippen molar-refractivity contribution in [2.45, 2.75) is 4.90 Å². The number of hydrogen-bond acceptors (Lipinski definition) is 7. The van der Waals surface area contributed by atoms with Crippen LogP contribution in [0.15, 0.2) is 76.7 Å². The first-order chi connectivity index (χ1) is 15.2. The Labute approximate surface area is 181 Å². The molecule has 0 heterocycles. The topological polar surface area (TPSA) is 151 Å². The maximum absolute atomic E-state index is 13.3. The highest BCUT2D eigenvalue weighted by Crippen LogP contribution is 2.29. The summed E-state index contributed by atoms with van der Waals surface area (Å²) in [5, 5.41) is 24.3. The number of nitrogens with one attached hydrogen (secondary N) is 2. The van der Waals surface area contributed by atoms with Gasteiger partial charge in [0.25, 0.3) is 15.7 Å². The van der Waals surface area contributed by atoms with E-state index in [1.807, 2.05) is 0 Å². The number of carbonyl (C=O) groups is 1. The highest BCUT2D eigenvalue weighted by molar-refractivity contribution is 7.93. The number of para-hydroxylation sites is 1. The maximum Gasteiger partial charge on any atom is 0.337 e. The minimum absolute atomic E-state index is 0.122. The van der Waals surface area contributed by atoms with Crippen molar-refractivity contribution in [3.63, 3.8) is 0 Å². The summed E-state index contributed by atoms with van der Waals surface area (Å²) in [7, 11) is -4.47. The van der Waals surface area contributed by atoms with Crippen molar-refractivity contribution in [1.29, 1.82) is 0 Å². The highest BCUT2D eigenvalue weighted by atomic mass is 32.2. The maximum atomic E-state index is 13.3. The van der Waals surface area contributed by atoms with Crippen LogP contribution in [0.25, 0.3) is 0 Å². The number of carboxylic acids is 1. The fourth-order valence-electron chi connectivity index (χ4n) is 2.66. The molecule has 3 aromatic carbocycles. The number of rotatable bonds is 8. The second-order valence-corrected chi connectivity index (χ2v) is 7.97. The van der Waals surface area contributed by atoms with Gasteiger partial charge in [-0.3, -0.25) is 20.3 Å². The van der Waals surface area contributed by atoms with Crippen LogP contribution in [0.5, 0.6) is 0 Å². The number of nitrogens with zero attached hydrogens (tertiary/aromatic N) is 2. The van der Waals surface area contributed by atoms with Crippen molar-refractivity contribution < 1.29 is 27.6 Å². The first-order valence-electron chi connectivity index (χ1n) is 8.85. The van der Waals surface area contributed by atoms with Crippen LogP contribution >= 0.6 is 0 Å². The summed E-state index contributed by atoms with van der Waals surface area (Å²) < 4.78 is 41.4. The number of nitro benzene ring substituents is 1. The van der Waals surface area contributed by atoms with Gasteiger partial charge in [-0.1, -0.05) is 24.3 Å². The first kappa shape index (κ1) is 22.4. The monoisotopic (exact) mass is 458 g/mol. The zero-order chi connectivity index (χ0) is 23.3. The molecule has 0 aliphatic carbocycles. The third-order valence-corrected chi connectivity index (χ3v) is 5.52. The van der Waals surface area contributed by atoms with Gasteiger partial charge in [-0.15, -0.1) is 0 Å². The number of aromatic carboxylic acids is 1. The number of carboxylic acid groups (broad SMARTS) is 1. The Kier molecular flexibility index (Phi) is 6.45. The lowest BCUT2D eigenvalue weighted by atomic mass is 10.2. The van der Waals surface area contributed by atoms with E-state index in [-0.39, 0.29) is 16.9 Å². The number of nitro groups is 1. The van der Waals surface area contributed by atoms with Crippen LogP contribution in [0.4, 0.5) is 21.5 Å². The van der Waals surface area contributed by atoms with Gasteiger partial charge in [0.05, 0.1) is 28.1 Å². The molecule has 3 rings (SSSR count). The molecule has 0 aliphatic heterocycles. The van der Waals surface area contributed by atoms with Gasteiger partial charge in [0.1, 0.15) is 10.7 Å². The van der Waals surface area contributed by atoms with E-state index < -0.39 is 37.3 Å². The summed E-state index contributed by atoms with van der Waals surface area (Å²) in [5.74, 6) is -1.85. The van der Waals surface area contributed by atoms with Crippen LogP contribution in [-0.4, -0.2) is 30.6 Å². The molecule has 0 saturated carbocycles. The molecule has 3 aromatic rings. The summed E-state index contributed by atoms with van der Waals surface area (Å²) in [4.78, 5) is 21.2. The molecule has 0 fully saturated rings. The largest absolute Gasteiger partial charge is 0.478 e. The lowest BCUT2D eigenvalue weighted by molar-refractivity contribution is -0.385. The van der Waals surface area contributed by atoms with E-state index in [2.05, 4.69) is 15.2 Å².